The molecule has 0 aromatic heterocycles. The highest BCUT2D eigenvalue weighted by molar-refractivity contribution is 6.32. The maximum absolute atomic E-state index is 2.47. The fraction of sp³-hybridized carbons (Fsp3) is 0.0909. The number of nitrogens with zero attached hydrogens (tertiary/aromatic N) is 2. The zero-order valence-corrected chi connectivity index (χ0v) is 39.0. The quantitative estimate of drug-likeness (QED) is 0.126. The van der Waals surface area contributed by atoms with E-state index in [4.69, 9.17) is 0 Å². The minimum absolute atomic E-state index is 0.429. The van der Waals surface area contributed by atoms with Gasteiger partial charge in [-0.15, -0.1) is 0 Å². The molecule has 0 radical (unpaired) electrons. The van der Waals surface area contributed by atoms with Crippen LogP contribution in [0.1, 0.15) is 50.7 Å². The summed E-state index contributed by atoms with van der Waals surface area (Å²) in [6, 6.07) is 86.0. The smallest absolute Gasteiger partial charge is 0.0546 e. The summed E-state index contributed by atoms with van der Waals surface area (Å²) >= 11 is 0. The van der Waals surface area contributed by atoms with Crippen LogP contribution in [-0.2, 0) is 0 Å². The van der Waals surface area contributed by atoms with E-state index in [0.717, 1.165) is 34.1 Å². The van der Waals surface area contributed by atoms with Crippen molar-refractivity contribution in [2.45, 2.75) is 39.5 Å². The average Bonchev–Trinajstić information content (AvgIpc) is 3.39. The molecule has 0 spiro atoms. The predicted molar refractivity (Wildman–Crippen MR) is 294 cm³/mol. The number of hydrogen-bond donors (Lipinski definition) is 0. The first-order valence-electron chi connectivity index (χ1n) is 24.0. The molecule has 0 aliphatic heterocycles. The lowest BCUT2D eigenvalue weighted by molar-refractivity contribution is 0.866. The predicted octanol–water partition coefficient (Wildman–Crippen LogP) is 19.4. The van der Waals surface area contributed by atoms with E-state index in [-0.39, 0.29) is 0 Å². The molecule has 0 amide bonds. The van der Waals surface area contributed by atoms with Gasteiger partial charge in [0.05, 0.1) is 11.4 Å². The van der Waals surface area contributed by atoms with Crippen molar-refractivity contribution in [3.63, 3.8) is 0 Å². The first-order chi connectivity index (χ1) is 33.4. The summed E-state index contributed by atoms with van der Waals surface area (Å²) < 4.78 is 0. The molecule has 12 aromatic rings. The van der Waals surface area contributed by atoms with Crippen molar-refractivity contribution in [1.29, 1.82) is 0 Å². The van der Waals surface area contributed by atoms with Crippen LogP contribution in [0.2, 0.25) is 0 Å². The molecule has 2 nitrogen and oxygen atoms in total. The van der Waals surface area contributed by atoms with E-state index in [9.17, 15) is 0 Å². The number of rotatable bonds is 10. The first kappa shape index (κ1) is 41.2. The minimum Gasteiger partial charge on any atom is -0.310 e. The van der Waals surface area contributed by atoms with Gasteiger partial charge in [-0.2, -0.15) is 0 Å². The van der Waals surface area contributed by atoms with Crippen LogP contribution in [0, 0.1) is 0 Å². The summed E-state index contributed by atoms with van der Waals surface area (Å²) in [5, 5.41) is 12.3. The van der Waals surface area contributed by atoms with Crippen molar-refractivity contribution in [2.75, 3.05) is 9.80 Å². The second-order valence-corrected chi connectivity index (χ2v) is 18.9. The van der Waals surface area contributed by atoms with E-state index in [1.54, 1.807) is 0 Å². The van der Waals surface area contributed by atoms with Crippen molar-refractivity contribution in [3.8, 4) is 22.3 Å². The highest BCUT2D eigenvalue weighted by Gasteiger charge is 2.26. The zero-order valence-electron chi connectivity index (χ0n) is 39.0. The van der Waals surface area contributed by atoms with Gasteiger partial charge in [-0.05, 0) is 150 Å². The van der Waals surface area contributed by atoms with Crippen LogP contribution in [0.4, 0.5) is 34.1 Å². The first-order valence-corrected chi connectivity index (χ1v) is 24.0. The van der Waals surface area contributed by atoms with Gasteiger partial charge in [-0.1, -0.05) is 185 Å². The monoisotopic (exact) mass is 872 g/mol. The van der Waals surface area contributed by atoms with Gasteiger partial charge in [0.15, 0.2) is 0 Å². The van der Waals surface area contributed by atoms with Crippen molar-refractivity contribution < 1.29 is 0 Å². The van der Waals surface area contributed by atoms with Gasteiger partial charge < -0.3 is 9.80 Å². The molecular formula is C66H52N2. The molecule has 0 aliphatic carbocycles. The third-order valence-corrected chi connectivity index (χ3v) is 14.1. The summed E-state index contributed by atoms with van der Waals surface area (Å²) in [6.45, 7) is 9.06. The number of hydrogen-bond acceptors (Lipinski definition) is 2. The molecule has 0 fully saturated rings. The van der Waals surface area contributed by atoms with Gasteiger partial charge in [-0.3, -0.25) is 0 Å². The molecule has 12 rings (SSSR count). The van der Waals surface area contributed by atoms with Gasteiger partial charge in [0, 0.05) is 44.3 Å². The van der Waals surface area contributed by atoms with Crippen LogP contribution < -0.4 is 9.80 Å². The summed E-state index contributed by atoms with van der Waals surface area (Å²) in [6.07, 6.45) is 0. The molecule has 0 aliphatic rings. The van der Waals surface area contributed by atoms with E-state index in [1.165, 1.54) is 87.2 Å². The summed E-state index contributed by atoms with van der Waals surface area (Å²) in [4.78, 5) is 4.94. The van der Waals surface area contributed by atoms with E-state index < -0.39 is 0 Å². The normalized spacial score (nSPS) is 11.8. The van der Waals surface area contributed by atoms with Crippen molar-refractivity contribution in [2.24, 2.45) is 0 Å². The molecular weight excluding hydrogens is 821 g/mol. The molecule has 0 saturated heterocycles. The van der Waals surface area contributed by atoms with Crippen LogP contribution in [-0.4, -0.2) is 0 Å². The molecule has 0 saturated carbocycles. The maximum Gasteiger partial charge on any atom is 0.0546 e. The van der Waals surface area contributed by atoms with E-state index in [0.29, 0.717) is 11.8 Å². The fourth-order valence-electron chi connectivity index (χ4n) is 10.5. The van der Waals surface area contributed by atoms with E-state index in [1.807, 2.05) is 0 Å². The highest BCUT2D eigenvalue weighted by atomic mass is 15.1. The van der Waals surface area contributed by atoms with Crippen molar-refractivity contribution in [3.05, 3.63) is 242 Å². The summed E-state index contributed by atoms with van der Waals surface area (Å²) in [7, 11) is 0. The van der Waals surface area contributed by atoms with E-state index >= 15 is 0 Å². The Labute approximate surface area is 399 Å². The molecule has 12 aromatic carbocycles. The van der Waals surface area contributed by atoms with Gasteiger partial charge in [-0.25, -0.2) is 0 Å². The Morgan fingerprint density at radius 3 is 1.00 bits per heavy atom. The second-order valence-electron chi connectivity index (χ2n) is 18.9. The Morgan fingerprint density at radius 1 is 0.279 bits per heavy atom. The van der Waals surface area contributed by atoms with Gasteiger partial charge in [0.2, 0.25) is 0 Å². The molecule has 0 heterocycles. The van der Waals surface area contributed by atoms with Crippen molar-refractivity contribution in [1.82, 2.24) is 0 Å². The Hall–Kier alpha value is -8.20. The lowest BCUT2D eigenvalue weighted by Crippen LogP contribution is -2.12. The number of para-hydroxylation sites is 2. The Kier molecular flexibility index (Phi) is 10.3. The van der Waals surface area contributed by atoms with Crippen LogP contribution >= 0.6 is 0 Å². The topological polar surface area (TPSA) is 6.48 Å². The lowest BCUT2D eigenvalue weighted by atomic mass is 9.84. The Bertz CT molecular complexity index is 3520. The molecule has 68 heavy (non-hydrogen) atoms. The maximum atomic E-state index is 2.47. The number of fused-ring (bicyclic) bond motifs is 2. The lowest BCUT2D eigenvalue weighted by Gasteiger charge is -2.31. The molecule has 0 atom stereocenters. The summed E-state index contributed by atoms with van der Waals surface area (Å²) in [5.41, 5.74) is 14.2. The zero-order chi connectivity index (χ0) is 45.9. The highest BCUT2D eigenvalue weighted by Crippen LogP contribution is 2.52. The third kappa shape index (κ3) is 7.12. The third-order valence-electron chi connectivity index (χ3n) is 14.1. The van der Waals surface area contributed by atoms with Gasteiger partial charge in [0.1, 0.15) is 0 Å². The number of anilines is 6. The number of benzene rings is 12. The molecule has 0 bridgehead atoms. The fourth-order valence-corrected chi connectivity index (χ4v) is 10.5. The molecule has 0 unspecified atom stereocenters. The van der Waals surface area contributed by atoms with E-state index in [2.05, 4.69) is 268 Å². The SMILES string of the molecule is CC(C)c1ccc(N(c2ccccc2)c2cc(-c3ccc4ccccc4c3)c3ccc4c(N(c5ccccc5)c5ccc(C(C)C)cc5)cc(-c5ccc6ccccc6c5)c5ccc2c3c54)cc1. The largest absolute Gasteiger partial charge is 0.310 e. The molecule has 0 N–H and O–H groups in total. The van der Waals surface area contributed by atoms with Gasteiger partial charge in [0.25, 0.3) is 0 Å². The van der Waals surface area contributed by atoms with Crippen molar-refractivity contribution >= 4 is 88.0 Å². The second kappa shape index (κ2) is 16.9. The van der Waals surface area contributed by atoms with Crippen LogP contribution in [0.3, 0.4) is 0 Å². The summed E-state index contributed by atoms with van der Waals surface area (Å²) in [5.74, 6) is 0.857. The minimum atomic E-state index is 0.429. The van der Waals surface area contributed by atoms with Crippen LogP contribution in [0.5, 0.6) is 0 Å². The Balaban J connectivity index is 1.23. The standard InChI is InChI=1S/C66H52N2/c1-43(2)45-27-31-55(32-28-45)67(53-19-7-5-8-20-53)63-41-61(51-25-23-47-15-11-13-17-49(47)39-51)57-36-38-60-64(68(54-21-9-6-10-22-54)56-33-29-46(30-34-56)44(3)4)42-62(58-35-37-59(63)65(57)66(58)60)52-26-24-48-16-12-14-18-50(48)40-52/h5-44H,1-4H3. The Morgan fingerprint density at radius 2 is 0.618 bits per heavy atom. The average molecular weight is 873 g/mol. The molecule has 2 heteroatoms. The van der Waals surface area contributed by atoms with Crippen LogP contribution in [0.15, 0.2) is 231 Å². The molecule has 326 valence electrons. The van der Waals surface area contributed by atoms with Crippen LogP contribution in [0.25, 0.3) is 76.1 Å². The van der Waals surface area contributed by atoms with Gasteiger partial charge >= 0.3 is 0 Å².